The summed E-state index contributed by atoms with van der Waals surface area (Å²) in [7, 11) is 1.98. The summed E-state index contributed by atoms with van der Waals surface area (Å²) in [6.07, 6.45) is 0. The number of hydrogen-bond acceptors (Lipinski definition) is 3. The highest BCUT2D eigenvalue weighted by Crippen LogP contribution is 2.30. The largest absolute Gasteiger partial charge is 0.508 e. The van der Waals surface area contributed by atoms with E-state index in [0.29, 0.717) is 18.7 Å². The number of nitrogens with two attached hydrogens (primary N) is 1. The Morgan fingerprint density at radius 2 is 1.92 bits per heavy atom. The van der Waals surface area contributed by atoms with Crippen LogP contribution in [0.2, 0.25) is 0 Å². The van der Waals surface area contributed by atoms with Gasteiger partial charge in [0.15, 0.2) is 0 Å². The van der Waals surface area contributed by atoms with Crippen molar-refractivity contribution in [1.82, 2.24) is 4.90 Å². The maximum Gasteiger partial charge on any atom is 0.248 e. The summed E-state index contributed by atoms with van der Waals surface area (Å²) in [6.45, 7) is 1.24. The van der Waals surface area contributed by atoms with Crippen molar-refractivity contribution in [2.45, 2.75) is 13.1 Å². The number of halogens is 1. The molecule has 3 N–H and O–H groups in total. The normalized spacial score (nSPS) is 11.2. The molecule has 0 aliphatic carbocycles. The van der Waals surface area contributed by atoms with Gasteiger partial charge in [-0.3, -0.25) is 9.69 Å². The Morgan fingerprint density at radius 1 is 1.12 bits per heavy atom. The van der Waals surface area contributed by atoms with Gasteiger partial charge in [0.25, 0.3) is 0 Å². The van der Waals surface area contributed by atoms with Crippen molar-refractivity contribution in [3.05, 3.63) is 75.8 Å². The molecule has 0 fully saturated rings. The molecule has 128 valence electrons. The van der Waals surface area contributed by atoms with Crippen molar-refractivity contribution < 1.29 is 9.90 Å². The molecule has 0 spiro atoms. The van der Waals surface area contributed by atoms with E-state index in [1.165, 1.54) is 0 Å². The molecule has 0 aliphatic rings. The lowest BCUT2D eigenvalue weighted by Gasteiger charge is -2.19. The number of phenolic OH excluding ortho intramolecular Hbond substituents is 1. The number of primary amides is 1. The number of amides is 1. The van der Waals surface area contributed by atoms with Crippen LogP contribution in [0.15, 0.2) is 59.1 Å². The molecule has 0 aromatic heterocycles. The lowest BCUT2D eigenvalue weighted by molar-refractivity contribution is 0.1000. The zero-order chi connectivity index (χ0) is 18.0. The van der Waals surface area contributed by atoms with E-state index in [2.05, 4.69) is 20.8 Å². The minimum Gasteiger partial charge on any atom is -0.508 e. The van der Waals surface area contributed by atoms with Crippen LogP contribution >= 0.6 is 15.9 Å². The number of carbonyl (C=O) groups is 1. The minimum atomic E-state index is -0.429. The number of phenols is 1. The molecule has 3 aromatic carbocycles. The second-order valence-electron chi connectivity index (χ2n) is 6.17. The highest BCUT2D eigenvalue weighted by molar-refractivity contribution is 9.10. The third-order valence-electron chi connectivity index (χ3n) is 4.16. The lowest BCUT2D eigenvalue weighted by Crippen LogP contribution is -2.18. The molecule has 0 atom stereocenters. The fraction of sp³-hybridized carbons (Fsp3) is 0.150. The molecule has 0 radical (unpaired) electrons. The van der Waals surface area contributed by atoms with Crippen LogP contribution in [0.1, 0.15) is 21.5 Å². The summed E-state index contributed by atoms with van der Waals surface area (Å²) in [5.74, 6) is -0.144. The number of hydrogen-bond donors (Lipinski definition) is 2. The van der Waals surface area contributed by atoms with Crippen LogP contribution in [-0.4, -0.2) is 23.0 Å². The van der Waals surface area contributed by atoms with Crippen LogP contribution in [0.4, 0.5) is 0 Å². The van der Waals surface area contributed by atoms with E-state index >= 15 is 0 Å². The van der Waals surface area contributed by atoms with E-state index in [1.54, 1.807) is 18.2 Å². The average molecular weight is 399 g/mol. The monoisotopic (exact) mass is 398 g/mol. The van der Waals surface area contributed by atoms with Crippen molar-refractivity contribution in [3.63, 3.8) is 0 Å². The zero-order valence-corrected chi connectivity index (χ0v) is 15.5. The van der Waals surface area contributed by atoms with Crippen LogP contribution in [0.3, 0.4) is 0 Å². The topological polar surface area (TPSA) is 66.6 Å². The van der Waals surface area contributed by atoms with Gasteiger partial charge in [0.2, 0.25) is 5.91 Å². The van der Waals surface area contributed by atoms with Crippen molar-refractivity contribution in [3.8, 4) is 5.75 Å². The molecular formula is C20H19BrN2O2. The first kappa shape index (κ1) is 17.5. The standard InChI is InChI=1S/C20H19BrN2O2/c1-23(11-13-3-2-4-15(9-13)20(22)25)12-18-17-7-6-16(21)10-14(17)5-8-19(18)24/h2-10,24H,11-12H2,1H3,(H2,22,25). The zero-order valence-electron chi connectivity index (χ0n) is 13.9. The van der Waals surface area contributed by atoms with Crippen LogP contribution < -0.4 is 5.73 Å². The van der Waals surface area contributed by atoms with Gasteiger partial charge in [0, 0.05) is 28.7 Å². The van der Waals surface area contributed by atoms with Crippen LogP contribution in [-0.2, 0) is 13.1 Å². The van der Waals surface area contributed by atoms with E-state index in [4.69, 9.17) is 5.73 Å². The molecular weight excluding hydrogens is 380 g/mol. The van der Waals surface area contributed by atoms with E-state index in [1.807, 2.05) is 43.4 Å². The minimum absolute atomic E-state index is 0.285. The molecule has 0 saturated heterocycles. The molecule has 5 heteroatoms. The average Bonchev–Trinajstić information content (AvgIpc) is 2.57. The number of rotatable bonds is 5. The molecule has 1 amide bonds. The van der Waals surface area contributed by atoms with Crippen LogP contribution in [0, 0.1) is 0 Å². The van der Waals surface area contributed by atoms with Gasteiger partial charge in [-0.05, 0) is 53.7 Å². The lowest BCUT2D eigenvalue weighted by atomic mass is 10.0. The Kier molecular flexibility index (Phi) is 5.06. The first-order chi connectivity index (χ1) is 11.9. The van der Waals surface area contributed by atoms with E-state index < -0.39 is 5.91 Å². The molecule has 25 heavy (non-hydrogen) atoms. The fourth-order valence-electron chi connectivity index (χ4n) is 2.98. The SMILES string of the molecule is CN(Cc1cccc(C(N)=O)c1)Cc1c(O)ccc2cc(Br)ccc12. The second kappa shape index (κ2) is 7.25. The Morgan fingerprint density at radius 3 is 2.68 bits per heavy atom. The number of aromatic hydroxyl groups is 1. The second-order valence-corrected chi connectivity index (χ2v) is 7.08. The molecule has 0 bridgehead atoms. The maximum atomic E-state index is 11.3. The molecule has 0 unspecified atom stereocenters. The van der Waals surface area contributed by atoms with E-state index in [-0.39, 0.29) is 5.75 Å². The van der Waals surface area contributed by atoms with Gasteiger partial charge in [-0.2, -0.15) is 0 Å². The van der Waals surface area contributed by atoms with Gasteiger partial charge in [0.05, 0.1) is 0 Å². The number of benzene rings is 3. The fourth-order valence-corrected chi connectivity index (χ4v) is 3.36. The first-order valence-corrected chi connectivity index (χ1v) is 8.71. The van der Waals surface area contributed by atoms with Crippen molar-refractivity contribution in [2.75, 3.05) is 7.05 Å². The van der Waals surface area contributed by atoms with E-state index in [9.17, 15) is 9.90 Å². The van der Waals surface area contributed by atoms with Gasteiger partial charge in [-0.1, -0.05) is 40.2 Å². The third-order valence-corrected chi connectivity index (χ3v) is 4.65. The summed E-state index contributed by atoms with van der Waals surface area (Å²) >= 11 is 3.48. The predicted octanol–water partition coefficient (Wildman–Crippen LogP) is 4.04. The summed E-state index contributed by atoms with van der Waals surface area (Å²) in [5, 5.41) is 12.4. The summed E-state index contributed by atoms with van der Waals surface area (Å²) < 4.78 is 1.01. The smallest absolute Gasteiger partial charge is 0.248 e. The number of nitrogens with zero attached hydrogens (tertiary/aromatic N) is 1. The Labute approximate surface area is 155 Å². The summed E-state index contributed by atoms with van der Waals surface area (Å²) in [6, 6.07) is 17.0. The van der Waals surface area contributed by atoms with Crippen molar-refractivity contribution in [1.29, 1.82) is 0 Å². The molecule has 0 aliphatic heterocycles. The number of carbonyl (C=O) groups excluding carboxylic acids is 1. The molecule has 3 rings (SSSR count). The Hall–Kier alpha value is -2.37. The highest BCUT2D eigenvalue weighted by Gasteiger charge is 2.11. The number of fused-ring (bicyclic) bond motifs is 1. The van der Waals surface area contributed by atoms with Gasteiger partial charge in [-0.15, -0.1) is 0 Å². The van der Waals surface area contributed by atoms with Gasteiger partial charge < -0.3 is 10.8 Å². The predicted molar refractivity (Wildman–Crippen MR) is 103 cm³/mol. The molecule has 0 saturated carbocycles. The molecule has 0 heterocycles. The summed E-state index contributed by atoms with van der Waals surface area (Å²) in [4.78, 5) is 13.4. The highest BCUT2D eigenvalue weighted by atomic mass is 79.9. The first-order valence-electron chi connectivity index (χ1n) is 7.91. The Bertz CT molecular complexity index is 940. The van der Waals surface area contributed by atoms with Crippen molar-refractivity contribution in [2.24, 2.45) is 5.73 Å². The third kappa shape index (κ3) is 4.00. The van der Waals surface area contributed by atoms with Gasteiger partial charge in [0.1, 0.15) is 5.75 Å². The Balaban J connectivity index is 1.85. The van der Waals surface area contributed by atoms with Crippen LogP contribution in [0.5, 0.6) is 5.75 Å². The quantitative estimate of drug-likeness (QED) is 0.681. The van der Waals surface area contributed by atoms with Gasteiger partial charge >= 0.3 is 0 Å². The van der Waals surface area contributed by atoms with Crippen molar-refractivity contribution >= 4 is 32.6 Å². The molecule has 3 aromatic rings. The molecule has 4 nitrogen and oxygen atoms in total. The van der Waals surface area contributed by atoms with Crippen LogP contribution in [0.25, 0.3) is 10.8 Å². The maximum absolute atomic E-state index is 11.3. The van der Waals surface area contributed by atoms with E-state index in [0.717, 1.165) is 26.4 Å². The summed E-state index contributed by atoms with van der Waals surface area (Å²) in [5.41, 5.74) is 7.73. The van der Waals surface area contributed by atoms with Gasteiger partial charge in [-0.25, -0.2) is 0 Å².